The lowest BCUT2D eigenvalue weighted by Gasteiger charge is -2.16. The fraction of sp³-hybridized carbons (Fsp3) is 0.200. The van der Waals surface area contributed by atoms with Crippen molar-refractivity contribution in [1.29, 1.82) is 0 Å². The van der Waals surface area contributed by atoms with Gasteiger partial charge in [0.1, 0.15) is 0 Å². The van der Waals surface area contributed by atoms with E-state index < -0.39 is 7.82 Å². The summed E-state index contributed by atoms with van der Waals surface area (Å²) in [6.07, 6.45) is 0.485. The summed E-state index contributed by atoms with van der Waals surface area (Å²) in [6, 6.07) is 3.25. The van der Waals surface area contributed by atoms with Gasteiger partial charge in [-0.1, -0.05) is 0 Å². The largest absolute Gasteiger partial charge is 0.668 e. The molecule has 0 radical (unpaired) electrons. The number of nitrogens with zero attached hydrogens (tertiary/aromatic N) is 1. The molecule has 18 heavy (non-hydrogen) atoms. The van der Waals surface area contributed by atoms with E-state index in [9.17, 15) is 9.67 Å². The van der Waals surface area contributed by atoms with E-state index >= 15 is 0 Å². The Hall–Kier alpha value is -1.85. The molecule has 2 aromatic rings. The second-order valence-corrected chi connectivity index (χ2v) is 5.56. The molecule has 6 rings (SSSR count). The highest BCUT2D eigenvalue weighted by Gasteiger charge is 2.47. The lowest BCUT2D eigenvalue weighted by Crippen LogP contribution is -2.09. The lowest BCUT2D eigenvalue weighted by atomic mass is 10.1. The first-order chi connectivity index (χ1) is 8.63. The summed E-state index contributed by atoms with van der Waals surface area (Å²) >= 11 is 0. The third-order valence-corrected chi connectivity index (χ3v) is 4.25. The summed E-state index contributed by atoms with van der Waals surface area (Å²) in [6.45, 7) is 0.379. The Morgan fingerprint density at radius 1 is 1.39 bits per heavy atom. The van der Waals surface area contributed by atoms with Gasteiger partial charge < -0.3 is 19.9 Å². The minimum Gasteiger partial charge on any atom is -0.504 e. The van der Waals surface area contributed by atoms with E-state index in [2.05, 4.69) is 0 Å². The van der Waals surface area contributed by atoms with Gasteiger partial charge >= 0.3 is 7.82 Å². The first kappa shape index (κ1) is 10.1. The van der Waals surface area contributed by atoms with Gasteiger partial charge in [0.2, 0.25) is 5.88 Å². The first-order valence-electron chi connectivity index (χ1n) is 5.41. The Bertz CT molecular complexity index is 738. The summed E-state index contributed by atoms with van der Waals surface area (Å²) in [5.41, 5.74) is 6.83. The number of aromatic hydroxyl groups is 1. The van der Waals surface area contributed by atoms with Crippen LogP contribution in [0.3, 0.4) is 0 Å². The zero-order valence-corrected chi connectivity index (χ0v) is 10.0. The Morgan fingerprint density at radius 3 is 3.00 bits per heavy atom. The summed E-state index contributed by atoms with van der Waals surface area (Å²) in [4.78, 5) is 0. The van der Waals surface area contributed by atoms with Crippen molar-refractivity contribution in [2.75, 3.05) is 6.54 Å². The maximum absolute atomic E-state index is 12.2. The molecule has 0 saturated carbocycles. The summed E-state index contributed by atoms with van der Waals surface area (Å²) in [5.74, 6) is 0.334. The monoisotopic (exact) mass is 268 g/mol. The predicted molar refractivity (Wildman–Crippen MR) is 61.8 cm³/mol. The molecule has 6 bridgehead atoms. The van der Waals surface area contributed by atoms with E-state index in [0.29, 0.717) is 35.3 Å². The van der Waals surface area contributed by atoms with Gasteiger partial charge in [-0.05, 0) is 25.1 Å². The van der Waals surface area contributed by atoms with Crippen molar-refractivity contribution >= 4 is 18.7 Å². The number of phosphoric acid groups is 1. The van der Waals surface area contributed by atoms with Crippen molar-refractivity contribution in [3.05, 3.63) is 17.7 Å². The molecule has 1 aromatic carbocycles. The van der Waals surface area contributed by atoms with E-state index in [4.69, 9.17) is 19.4 Å². The lowest BCUT2D eigenvalue weighted by molar-refractivity contribution is 0.250. The fourth-order valence-electron chi connectivity index (χ4n) is 2.37. The van der Waals surface area contributed by atoms with Crippen molar-refractivity contribution in [1.82, 2.24) is 4.73 Å². The Morgan fingerprint density at radius 2 is 2.22 bits per heavy atom. The molecule has 1 atom stereocenters. The van der Waals surface area contributed by atoms with Gasteiger partial charge in [0.25, 0.3) is 0 Å². The molecule has 5 heterocycles. The highest BCUT2D eigenvalue weighted by Crippen LogP contribution is 2.60. The second kappa shape index (κ2) is 2.93. The molecular weight excluding hydrogens is 259 g/mol. The highest BCUT2D eigenvalue weighted by atomic mass is 31.2. The van der Waals surface area contributed by atoms with Gasteiger partial charge in [0, 0.05) is 5.56 Å². The summed E-state index contributed by atoms with van der Waals surface area (Å²) < 4.78 is 29.0. The zero-order valence-electron chi connectivity index (χ0n) is 9.12. The van der Waals surface area contributed by atoms with Crippen LogP contribution in [0.15, 0.2) is 12.1 Å². The van der Waals surface area contributed by atoms with Gasteiger partial charge in [-0.25, -0.2) is 0 Å². The standard InChI is InChI=1S/C10H9N2O5P/c11-4-3-5-8-6-1-2-7(9(8)13)15-18(14)16-10(5)12(6)17-18/h1-2,13H,3-4,11H2. The number of benzene rings is 1. The maximum Gasteiger partial charge on any atom is 0.668 e. The Labute approximate surface area is 101 Å². The van der Waals surface area contributed by atoms with Crippen LogP contribution in [-0.2, 0) is 11.0 Å². The zero-order chi connectivity index (χ0) is 12.5. The Kier molecular flexibility index (Phi) is 1.65. The highest BCUT2D eigenvalue weighted by molar-refractivity contribution is 7.49. The van der Waals surface area contributed by atoms with Gasteiger partial charge in [-0.3, -0.25) is 4.62 Å². The minimum atomic E-state index is -3.73. The maximum atomic E-state index is 12.2. The minimum absolute atomic E-state index is 0.0530. The van der Waals surface area contributed by atoms with Crippen LogP contribution in [-0.4, -0.2) is 16.4 Å². The van der Waals surface area contributed by atoms with Crippen LogP contribution in [0.25, 0.3) is 10.9 Å². The number of phenolic OH excluding ortho intramolecular Hbond substituents is 1. The van der Waals surface area contributed by atoms with Gasteiger partial charge in [-0.2, -0.15) is 4.57 Å². The second-order valence-electron chi connectivity index (χ2n) is 4.13. The van der Waals surface area contributed by atoms with Crippen LogP contribution in [0.1, 0.15) is 5.56 Å². The first-order valence-corrected chi connectivity index (χ1v) is 6.88. The van der Waals surface area contributed by atoms with Crippen molar-refractivity contribution in [3.8, 4) is 17.4 Å². The number of phosphoric ester groups is 1. The normalized spacial score (nSPS) is 22.9. The molecule has 4 aliphatic rings. The van der Waals surface area contributed by atoms with E-state index in [1.807, 2.05) is 0 Å². The molecule has 0 saturated heterocycles. The van der Waals surface area contributed by atoms with Crippen molar-refractivity contribution in [2.24, 2.45) is 5.73 Å². The van der Waals surface area contributed by atoms with Gasteiger partial charge in [-0.15, -0.1) is 4.73 Å². The molecule has 1 aromatic heterocycles. The molecule has 8 heteroatoms. The predicted octanol–water partition coefficient (Wildman–Crippen LogP) is 1.17. The summed E-state index contributed by atoms with van der Waals surface area (Å²) in [7, 11) is -3.73. The topological polar surface area (TPSA) is 95.9 Å². The molecule has 1 unspecified atom stereocenters. The summed E-state index contributed by atoms with van der Waals surface area (Å²) in [5, 5.41) is 10.7. The molecule has 3 N–H and O–H groups in total. The Balaban J connectivity index is 2.20. The van der Waals surface area contributed by atoms with Crippen LogP contribution in [0.2, 0.25) is 0 Å². The van der Waals surface area contributed by atoms with Crippen LogP contribution in [0.5, 0.6) is 17.4 Å². The van der Waals surface area contributed by atoms with E-state index in [1.54, 1.807) is 6.07 Å². The quantitative estimate of drug-likeness (QED) is 0.794. The van der Waals surface area contributed by atoms with E-state index in [1.165, 1.54) is 10.8 Å². The number of hydrogen-bond donors (Lipinski definition) is 2. The van der Waals surface area contributed by atoms with Crippen LogP contribution in [0, 0.1) is 0 Å². The van der Waals surface area contributed by atoms with E-state index in [0.717, 1.165) is 0 Å². The third kappa shape index (κ3) is 1.01. The van der Waals surface area contributed by atoms with Crippen molar-refractivity contribution in [2.45, 2.75) is 6.42 Å². The number of nitrogens with two attached hydrogens (primary N) is 1. The van der Waals surface area contributed by atoms with Crippen LogP contribution >= 0.6 is 7.82 Å². The fourth-order valence-corrected chi connectivity index (χ4v) is 3.62. The number of aromatic nitrogens is 1. The number of phenols is 1. The molecule has 0 amide bonds. The van der Waals surface area contributed by atoms with Crippen LogP contribution in [0.4, 0.5) is 0 Å². The van der Waals surface area contributed by atoms with Gasteiger partial charge in [0.15, 0.2) is 11.5 Å². The third-order valence-electron chi connectivity index (χ3n) is 3.07. The average molecular weight is 268 g/mol. The van der Waals surface area contributed by atoms with Gasteiger partial charge in [0.05, 0.1) is 10.9 Å². The molecule has 0 aliphatic carbocycles. The van der Waals surface area contributed by atoms with E-state index in [-0.39, 0.29) is 11.5 Å². The molecule has 0 fully saturated rings. The SMILES string of the molecule is NCCc1c2n3c4ccc(c(O)c14)OP(=O)(O2)O3. The number of hydrogen-bond acceptors (Lipinski definition) is 6. The molecule has 4 aliphatic heterocycles. The number of fused-ring (bicyclic) bond motifs is 1. The molecule has 94 valence electrons. The van der Waals surface area contributed by atoms with Crippen molar-refractivity contribution < 1.29 is 23.3 Å². The van der Waals surface area contributed by atoms with Crippen molar-refractivity contribution in [3.63, 3.8) is 0 Å². The average Bonchev–Trinajstić information content (AvgIpc) is 2.79. The number of rotatable bonds is 2. The molecular formula is C10H9N2O5P. The molecule has 7 nitrogen and oxygen atoms in total. The smallest absolute Gasteiger partial charge is 0.504 e. The van der Waals surface area contributed by atoms with Crippen LogP contribution < -0.4 is 19.4 Å². The molecule has 0 spiro atoms.